The van der Waals surface area contributed by atoms with E-state index in [1.54, 1.807) is 0 Å². The van der Waals surface area contributed by atoms with Crippen LogP contribution in [-0.4, -0.2) is 14.8 Å². The normalized spacial score (nSPS) is 15.3. The Morgan fingerprint density at radius 3 is 2.70 bits per heavy atom. The first-order valence-electron chi connectivity index (χ1n) is 7.51. The number of benzene rings is 1. The summed E-state index contributed by atoms with van der Waals surface area (Å²) in [5, 5.41) is 12.1. The molecule has 4 nitrogen and oxygen atoms in total. The topological polar surface area (TPSA) is 42.7 Å². The Labute approximate surface area is 120 Å². The minimum absolute atomic E-state index is 0.236. The van der Waals surface area contributed by atoms with Crippen molar-refractivity contribution in [2.24, 2.45) is 0 Å². The molecule has 1 aromatic carbocycles. The van der Waals surface area contributed by atoms with Gasteiger partial charge in [0, 0.05) is 19.5 Å². The molecule has 0 spiro atoms. The van der Waals surface area contributed by atoms with Gasteiger partial charge in [0.15, 0.2) is 0 Å². The van der Waals surface area contributed by atoms with E-state index in [1.807, 2.05) is 0 Å². The molecule has 0 bridgehead atoms. The minimum Gasteiger partial charge on any atom is -0.314 e. The SMILES string of the molecule is CCc1ccc(CNC(C)c2nnc3n2CCC3)cc1. The third kappa shape index (κ3) is 2.61. The predicted octanol–water partition coefficient (Wildman–Crippen LogP) is 2.64. The lowest BCUT2D eigenvalue weighted by Crippen LogP contribution is -2.21. The number of hydrogen-bond donors (Lipinski definition) is 1. The molecule has 0 fully saturated rings. The molecule has 1 aliphatic heterocycles. The largest absolute Gasteiger partial charge is 0.314 e. The molecule has 0 radical (unpaired) electrons. The highest BCUT2D eigenvalue weighted by molar-refractivity contribution is 5.22. The molecule has 1 N–H and O–H groups in total. The quantitative estimate of drug-likeness (QED) is 0.908. The van der Waals surface area contributed by atoms with E-state index in [0.29, 0.717) is 0 Å². The Morgan fingerprint density at radius 2 is 1.95 bits per heavy atom. The van der Waals surface area contributed by atoms with E-state index in [1.165, 1.54) is 17.5 Å². The molecule has 2 heterocycles. The van der Waals surface area contributed by atoms with Crippen molar-refractivity contribution in [2.45, 2.75) is 52.2 Å². The minimum atomic E-state index is 0.236. The maximum Gasteiger partial charge on any atom is 0.149 e. The van der Waals surface area contributed by atoms with Crippen molar-refractivity contribution in [3.8, 4) is 0 Å². The van der Waals surface area contributed by atoms with Crippen molar-refractivity contribution in [1.29, 1.82) is 0 Å². The molecule has 0 aliphatic carbocycles. The van der Waals surface area contributed by atoms with Gasteiger partial charge >= 0.3 is 0 Å². The predicted molar refractivity (Wildman–Crippen MR) is 79.4 cm³/mol. The standard InChI is InChI=1S/C16H22N4/c1-3-13-6-8-14(9-7-13)11-17-12(2)16-19-18-15-5-4-10-20(15)16/h6-9,12,17H,3-5,10-11H2,1-2H3. The zero-order valence-electron chi connectivity index (χ0n) is 12.3. The summed E-state index contributed by atoms with van der Waals surface area (Å²) < 4.78 is 2.26. The van der Waals surface area contributed by atoms with Crippen LogP contribution in [0, 0.1) is 0 Å². The van der Waals surface area contributed by atoms with Gasteiger partial charge in [0.25, 0.3) is 0 Å². The van der Waals surface area contributed by atoms with E-state index >= 15 is 0 Å². The number of rotatable bonds is 5. The lowest BCUT2D eigenvalue weighted by molar-refractivity contribution is 0.516. The second kappa shape index (κ2) is 5.75. The van der Waals surface area contributed by atoms with E-state index in [0.717, 1.165) is 37.6 Å². The smallest absolute Gasteiger partial charge is 0.149 e. The van der Waals surface area contributed by atoms with E-state index in [2.05, 4.69) is 58.2 Å². The molecular weight excluding hydrogens is 248 g/mol. The summed E-state index contributed by atoms with van der Waals surface area (Å²) in [6, 6.07) is 9.05. The number of aromatic nitrogens is 3. The van der Waals surface area contributed by atoms with Crippen molar-refractivity contribution >= 4 is 0 Å². The molecule has 1 atom stereocenters. The third-order valence-corrected chi connectivity index (χ3v) is 4.07. The van der Waals surface area contributed by atoms with Crippen LogP contribution in [0.5, 0.6) is 0 Å². The molecule has 4 heteroatoms. The van der Waals surface area contributed by atoms with Gasteiger partial charge in [0.1, 0.15) is 11.6 Å². The van der Waals surface area contributed by atoms with Gasteiger partial charge in [0.2, 0.25) is 0 Å². The summed E-state index contributed by atoms with van der Waals surface area (Å²) in [6.45, 7) is 6.28. The maximum atomic E-state index is 4.33. The lowest BCUT2D eigenvalue weighted by atomic mass is 10.1. The Morgan fingerprint density at radius 1 is 1.20 bits per heavy atom. The summed E-state index contributed by atoms with van der Waals surface area (Å²) in [7, 11) is 0. The Bertz CT molecular complexity index is 571. The van der Waals surface area contributed by atoms with Gasteiger partial charge in [-0.2, -0.15) is 0 Å². The molecule has 0 amide bonds. The number of nitrogens with one attached hydrogen (secondary N) is 1. The average molecular weight is 270 g/mol. The van der Waals surface area contributed by atoms with Crippen molar-refractivity contribution in [2.75, 3.05) is 0 Å². The highest BCUT2D eigenvalue weighted by atomic mass is 15.3. The summed E-state index contributed by atoms with van der Waals surface area (Å²) >= 11 is 0. The van der Waals surface area contributed by atoms with E-state index in [-0.39, 0.29) is 6.04 Å². The second-order valence-corrected chi connectivity index (χ2v) is 5.50. The molecule has 20 heavy (non-hydrogen) atoms. The number of hydrogen-bond acceptors (Lipinski definition) is 3. The highest BCUT2D eigenvalue weighted by Crippen LogP contribution is 2.19. The van der Waals surface area contributed by atoms with Gasteiger partial charge in [0.05, 0.1) is 6.04 Å². The molecule has 1 unspecified atom stereocenters. The molecule has 3 rings (SSSR count). The first kappa shape index (κ1) is 13.3. The van der Waals surface area contributed by atoms with Crippen molar-refractivity contribution in [1.82, 2.24) is 20.1 Å². The summed E-state index contributed by atoms with van der Waals surface area (Å²) in [5.74, 6) is 2.21. The van der Waals surface area contributed by atoms with Gasteiger partial charge in [-0.1, -0.05) is 31.2 Å². The maximum absolute atomic E-state index is 4.33. The fourth-order valence-electron chi connectivity index (χ4n) is 2.75. The molecule has 0 saturated heterocycles. The average Bonchev–Trinajstić information content (AvgIpc) is 3.08. The van der Waals surface area contributed by atoms with E-state index in [4.69, 9.17) is 0 Å². The molecular formula is C16H22N4. The van der Waals surface area contributed by atoms with Crippen molar-refractivity contribution < 1.29 is 0 Å². The molecule has 0 saturated carbocycles. The van der Waals surface area contributed by atoms with Crippen LogP contribution in [0.3, 0.4) is 0 Å². The Hall–Kier alpha value is -1.68. The van der Waals surface area contributed by atoms with Crippen LogP contribution in [0.15, 0.2) is 24.3 Å². The summed E-state index contributed by atoms with van der Waals surface area (Å²) in [4.78, 5) is 0. The van der Waals surface area contributed by atoms with Crippen LogP contribution in [-0.2, 0) is 25.9 Å². The van der Waals surface area contributed by atoms with Crippen LogP contribution in [0.1, 0.15) is 49.1 Å². The Balaban J connectivity index is 1.62. The molecule has 1 aliphatic rings. The fourth-order valence-corrected chi connectivity index (χ4v) is 2.75. The van der Waals surface area contributed by atoms with Gasteiger partial charge in [-0.05, 0) is 30.9 Å². The summed E-state index contributed by atoms with van der Waals surface area (Å²) in [6.07, 6.45) is 3.36. The van der Waals surface area contributed by atoms with E-state index < -0.39 is 0 Å². The molecule has 2 aromatic rings. The zero-order valence-corrected chi connectivity index (χ0v) is 12.3. The van der Waals surface area contributed by atoms with E-state index in [9.17, 15) is 0 Å². The van der Waals surface area contributed by atoms with Gasteiger partial charge in [-0.15, -0.1) is 10.2 Å². The first-order valence-corrected chi connectivity index (χ1v) is 7.51. The summed E-state index contributed by atoms with van der Waals surface area (Å²) in [5.41, 5.74) is 2.70. The number of fused-ring (bicyclic) bond motifs is 1. The first-order chi connectivity index (χ1) is 9.78. The Kier molecular flexibility index (Phi) is 3.83. The molecule has 1 aromatic heterocycles. The van der Waals surface area contributed by atoms with Gasteiger partial charge in [-0.3, -0.25) is 0 Å². The van der Waals surface area contributed by atoms with Gasteiger partial charge < -0.3 is 9.88 Å². The number of aryl methyl sites for hydroxylation is 2. The fraction of sp³-hybridized carbons (Fsp3) is 0.500. The second-order valence-electron chi connectivity index (χ2n) is 5.50. The van der Waals surface area contributed by atoms with Gasteiger partial charge in [-0.25, -0.2) is 0 Å². The third-order valence-electron chi connectivity index (χ3n) is 4.07. The van der Waals surface area contributed by atoms with Crippen LogP contribution < -0.4 is 5.32 Å². The lowest BCUT2D eigenvalue weighted by Gasteiger charge is -2.14. The molecule has 106 valence electrons. The monoisotopic (exact) mass is 270 g/mol. The van der Waals surface area contributed by atoms with Crippen LogP contribution in [0.25, 0.3) is 0 Å². The number of nitrogens with zero attached hydrogens (tertiary/aromatic N) is 3. The van der Waals surface area contributed by atoms with Crippen molar-refractivity contribution in [3.63, 3.8) is 0 Å². The highest BCUT2D eigenvalue weighted by Gasteiger charge is 2.20. The zero-order chi connectivity index (χ0) is 13.9. The van der Waals surface area contributed by atoms with Crippen LogP contribution in [0.2, 0.25) is 0 Å². The van der Waals surface area contributed by atoms with Crippen LogP contribution >= 0.6 is 0 Å². The van der Waals surface area contributed by atoms with Crippen molar-refractivity contribution in [3.05, 3.63) is 47.0 Å². The van der Waals surface area contributed by atoms with Crippen LogP contribution in [0.4, 0.5) is 0 Å².